The van der Waals surface area contributed by atoms with Crippen molar-refractivity contribution in [3.8, 4) is 0 Å². The van der Waals surface area contributed by atoms with Crippen LogP contribution in [0.2, 0.25) is 0 Å². The molecular weight excluding hydrogens is 374 g/mol. The van der Waals surface area contributed by atoms with Crippen LogP contribution in [0.1, 0.15) is 36.4 Å². The fraction of sp³-hybridized carbons (Fsp3) is 0.556. The summed E-state index contributed by atoms with van der Waals surface area (Å²) in [5, 5.41) is 0. The Morgan fingerprint density at radius 2 is 1.81 bits per heavy atom. The van der Waals surface area contributed by atoms with E-state index in [0.717, 1.165) is 23.1 Å². The summed E-state index contributed by atoms with van der Waals surface area (Å²) >= 11 is 1.45. The van der Waals surface area contributed by atoms with Gasteiger partial charge in [0.2, 0.25) is 5.91 Å². The lowest BCUT2D eigenvalue weighted by atomic mass is 9.81. The van der Waals surface area contributed by atoms with Crippen LogP contribution in [0.25, 0.3) is 10.3 Å². The van der Waals surface area contributed by atoms with Crippen molar-refractivity contribution in [1.29, 1.82) is 0 Å². The summed E-state index contributed by atoms with van der Waals surface area (Å²) in [6, 6.07) is 3.67. The maximum absolute atomic E-state index is 12.9. The highest BCUT2D eigenvalue weighted by atomic mass is 35.5. The van der Waals surface area contributed by atoms with Crippen molar-refractivity contribution < 1.29 is 14.0 Å². The van der Waals surface area contributed by atoms with Gasteiger partial charge in [0.15, 0.2) is 0 Å². The van der Waals surface area contributed by atoms with Gasteiger partial charge in [0.25, 0.3) is 5.91 Å². The van der Waals surface area contributed by atoms with Gasteiger partial charge in [0.1, 0.15) is 5.58 Å². The predicted molar refractivity (Wildman–Crippen MR) is 106 cm³/mol. The summed E-state index contributed by atoms with van der Waals surface area (Å²) in [4.78, 5) is 29.9. The average Bonchev–Trinajstić information content (AvgIpc) is 3.25. The number of piperazine rings is 1. The molecule has 2 amide bonds. The third-order valence-corrected chi connectivity index (χ3v) is 6.47. The Bertz CT molecular complexity index is 724. The van der Waals surface area contributed by atoms with Crippen LogP contribution in [0.3, 0.4) is 0 Å². The van der Waals surface area contributed by atoms with E-state index in [1.165, 1.54) is 11.3 Å². The normalized spacial score (nSPS) is 15.2. The molecule has 1 saturated heterocycles. The highest BCUT2D eigenvalue weighted by Gasteiger charge is 2.38. The average molecular weight is 400 g/mol. The largest absolute Gasteiger partial charge is 0.463 e. The first kappa shape index (κ1) is 20.7. The van der Waals surface area contributed by atoms with Gasteiger partial charge in [0, 0.05) is 38.8 Å². The Morgan fingerprint density at radius 1 is 1.19 bits per heavy atom. The zero-order valence-corrected chi connectivity index (χ0v) is 16.8. The SMILES string of the molecule is CCC(CC)(CN)C(=O)N1CCN(C(=O)c2cc3occc3s2)CC1.Cl. The zero-order chi connectivity index (χ0) is 18.0. The number of carbonyl (C=O) groups excluding carboxylic acids is 2. The number of hydrogen-bond acceptors (Lipinski definition) is 5. The van der Waals surface area contributed by atoms with Crippen molar-refractivity contribution in [2.24, 2.45) is 11.1 Å². The van der Waals surface area contributed by atoms with E-state index in [9.17, 15) is 9.59 Å². The van der Waals surface area contributed by atoms with Crippen molar-refractivity contribution in [3.05, 3.63) is 23.3 Å². The Morgan fingerprint density at radius 3 is 2.35 bits per heavy atom. The molecule has 6 nitrogen and oxygen atoms in total. The molecule has 3 heterocycles. The topological polar surface area (TPSA) is 79.8 Å². The van der Waals surface area contributed by atoms with Crippen molar-refractivity contribution >= 4 is 45.8 Å². The van der Waals surface area contributed by atoms with E-state index in [2.05, 4.69) is 0 Å². The minimum absolute atomic E-state index is 0. The first-order chi connectivity index (χ1) is 12.0. The standard InChI is InChI=1S/C18H25N3O3S.ClH/c1-3-18(4-2,12-19)17(23)21-8-6-20(7-9-21)16(22)15-11-13-14(25-15)5-10-24-13;/h5,10-11H,3-4,6-9,12,19H2,1-2H3;1H. The number of carbonyl (C=O) groups is 2. The lowest BCUT2D eigenvalue weighted by Gasteiger charge is -2.40. The second-order valence-electron chi connectivity index (χ2n) is 6.54. The molecule has 2 aromatic heterocycles. The molecule has 0 spiro atoms. The predicted octanol–water partition coefficient (Wildman–Crippen LogP) is 2.97. The van der Waals surface area contributed by atoms with Crippen LogP contribution in [0.4, 0.5) is 0 Å². The molecule has 2 N–H and O–H groups in total. The van der Waals surface area contributed by atoms with Gasteiger partial charge in [0.05, 0.1) is 21.3 Å². The molecular formula is C18H26ClN3O3S. The number of rotatable bonds is 5. The van der Waals surface area contributed by atoms with Crippen LogP contribution >= 0.6 is 23.7 Å². The molecule has 1 aliphatic rings. The van der Waals surface area contributed by atoms with Crippen molar-refractivity contribution in [1.82, 2.24) is 9.80 Å². The van der Waals surface area contributed by atoms with E-state index < -0.39 is 5.41 Å². The molecule has 0 radical (unpaired) electrons. The Labute approximate surface area is 163 Å². The molecule has 0 atom stereocenters. The Hall–Kier alpha value is -1.57. The summed E-state index contributed by atoms with van der Waals surface area (Å²) in [6.07, 6.45) is 3.11. The minimum Gasteiger partial charge on any atom is -0.463 e. The van der Waals surface area contributed by atoms with Crippen molar-refractivity contribution in [2.75, 3.05) is 32.7 Å². The monoisotopic (exact) mass is 399 g/mol. The van der Waals surface area contributed by atoms with E-state index in [0.29, 0.717) is 37.6 Å². The lowest BCUT2D eigenvalue weighted by molar-refractivity contribution is -0.143. The van der Waals surface area contributed by atoms with Gasteiger partial charge in [-0.05, 0) is 18.9 Å². The second-order valence-corrected chi connectivity index (χ2v) is 7.62. The number of nitrogens with zero attached hydrogens (tertiary/aromatic N) is 2. The molecule has 0 unspecified atom stereocenters. The number of nitrogens with two attached hydrogens (primary N) is 1. The highest BCUT2D eigenvalue weighted by molar-refractivity contribution is 7.20. The molecule has 8 heteroatoms. The third-order valence-electron chi connectivity index (χ3n) is 5.40. The molecule has 2 aromatic rings. The minimum atomic E-state index is -0.468. The number of furan rings is 1. The van der Waals surface area contributed by atoms with Gasteiger partial charge >= 0.3 is 0 Å². The molecule has 0 bridgehead atoms. The van der Waals surface area contributed by atoms with E-state index in [1.54, 1.807) is 12.3 Å². The molecule has 0 saturated carbocycles. The van der Waals surface area contributed by atoms with Crippen LogP contribution in [-0.4, -0.2) is 54.3 Å². The Balaban J connectivity index is 0.00000243. The highest BCUT2D eigenvalue weighted by Crippen LogP contribution is 2.30. The summed E-state index contributed by atoms with van der Waals surface area (Å²) in [7, 11) is 0. The lowest BCUT2D eigenvalue weighted by Crippen LogP contribution is -2.55. The maximum Gasteiger partial charge on any atom is 0.264 e. The fourth-order valence-electron chi connectivity index (χ4n) is 3.40. The van der Waals surface area contributed by atoms with E-state index in [1.807, 2.05) is 29.7 Å². The van der Waals surface area contributed by atoms with Crippen molar-refractivity contribution in [2.45, 2.75) is 26.7 Å². The Kier molecular flexibility index (Phi) is 6.71. The van der Waals surface area contributed by atoms with Gasteiger partial charge in [-0.15, -0.1) is 23.7 Å². The summed E-state index contributed by atoms with van der Waals surface area (Å²) in [6.45, 7) is 6.63. The van der Waals surface area contributed by atoms with Gasteiger partial charge in [-0.2, -0.15) is 0 Å². The first-order valence-electron chi connectivity index (χ1n) is 8.80. The first-order valence-corrected chi connectivity index (χ1v) is 9.62. The van der Waals surface area contributed by atoms with E-state index in [4.69, 9.17) is 10.2 Å². The molecule has 1 aliphatic heterocycles. The molecule has 26 heavy (non-hydrogen) atoms. The molecule has 3 rings (SSSR count). The number of thiophene rings is 1. The molecule has 144 valence electrons. The molecule has 0 aromatic carbocycles. The van der Waals surface area contributed by atoms with E-state index in [-0.39, 0.29) is 24.2 Å². The molecule has 1 fully saturated rings. The smallest absolute Gasteiger partial charge is 0.264 e. The van der Waals surface area contributed by atoms with Crippen LogP contribution in [0, 0.1) is 5.41 Å². The zero-order valence-electron chi connectivity index (χ0n) is 15.2. The van der Waals surface area contributed by atoms with Gasteiger partial charge in [-0.1, -0.05) is 13.8 Å². The second kappa shape index (κ2) is 8.41. The van der Waals surface area contributed by atoms with Gasteiger partial charge < -0.3 is 20.0 Å². The van der Waals surface area contributed by atoms with E-state index >= 15 is 0 Å². The fourth-order valence-corrected chi connectivity index (χ4v) is 4.35. The van der Waals surface area contributed by atoms with Crippen LogP contribution < -0.4 is 5.73 Å². The van der Waals surface area contributed by atoms with Crippen LogP contribution in [-0.2, 0) is 4.79 Å². The maximum atomic E-state index is 12.9. The van der Waals surface area contributed by atoms with Crippen molar-refractivity contribution in [3.63, 3.8) is 0 Å². The van der Waals surface area contributed by atoms with Gasteiger partial charge in [-0.25, -0.2) is 0 Å². The number of halogens is 1. The number of amides is 2. The molecule has 0 aliphatic carbocycles. The van der Waals surface area contributed by atoms with Gasteiger partial charge in [-0.3, -0.25) is 9.59 Å². The summed E-state index contributed by atoms with van der Waals surface area (Å²) in [5.74, 6) is 0.139. The summed E-state index contributed by atoms with van der Waals surface area (Å²) < 4.78 is 6.32. The van der Waals surface area contributed by atoms with Crippen LogP contribution in [0.5, 0.6) is 0 Å². The summed E-state index contributed by atoms with van der Waals surface area (Å²) in [5.41, 5.74) is 6.18. The number of hydrogen-bond donors (Lipinski definition) is 1. The quantitative estimate of drug-likeness (QED) is 0.838. The number of fused-ring (bicyclic) bond motifs is 1. The third kappa shape index (κ3) is 3.61. The van der Waals surface area contributed by atoms with Crippen LogP contribution in [0.15, 0.2) is 22.8 Å².